The third-order valence-electron chi connectivity index (χ3n) is 4.46. The van der Waals surface area contributed by atoms with Crippen LogP contribution in [0.1, 0.15) is 25.3 Å². The molecule has 124 valence electrons. The molecule has 1 aliphatic heterocycles. The van der Waals surface area contributed by atoms with Crippen molar-refractivity contribution in [2.24, 2.45) is 0 Å². The fraction of sp³-hybridized carbons (Fsp3) is 0.500. The minimum Gasteiger partial charge on any atom is -0.377 e. The van der Waals surface area contributed by atoms with E-state index in [1.165, 1.54) is 0 Å². The summed E-state index contributed by atoms with van der Waals surface area (Å²) in [5, 5.41) is 1.09. The van der Waals surface area contributed by atoms with Gasteiger partial charge in [0.05, 0.1) is 6.10 Å². The van der Waals surface area contributed by atoms with E-state index in [2.05, 4.69) is 28.9 Å². The summed E-state index contributed by atoms with van der Waals surface area (Å²) >= 11 is 1.68. The van der Waals surface area contributed by atoms with Gasteiger partial charge in [-0.05, 0) is 49.2 Å². The van der Waals surface area contributed by atoms with Crippen LogP contribution < -0.4 is 5.56 Å². The Morgan fingerprint density at radius 2 is 2.26 bits per heavy atom. The van der Waals surface area contributed by atoms with Crippen LogP contribution in [0.4, 0.5) is 0 Å². The number of benzene rings is 1. The Hall–Kier alpha value is -1.30. The summed E-state index contributed by atoms with van der Waals surface area (Å²) < 4.78 is 5.72. The monoisotopic (exact) mass is 332 g/mol. The van der Waals surface area contributed by atoms with Gasteiger partial charge in [0.2, 0.25) is 0 Å². The molecule has 0 saturated carbocycles. The van der Waals surface area contributed by atoms with Crippen molar-refractivity contribution in [3.8, 4) is 0 Å². The molecule has 4 nitrogen and oxygen atoms in total. The van der Waals surface area contributed by atoms with Gasteiger partial charge in [-0.1, -0.05) is 13.0 Å². The molecule has 0 radical (unpaired) electrons. The summed E-state index contributed by atoms with van der Waals surface area (Å²) in [5.74, 6) is 0. The van der Waals surface area contributed by atoms with Gasteiger partial charge in [0, 0.05) is 35.7 Å². The fourth-order valence-corrected chi connectivity index (χ4v) is 3.53. The van der Waals surface area contributed by atoms with Crippen molar-refractivity contribution in [1.82, 2.24) is 9.88 Å². The molecule has 23 heavy (non-hydrogen) atoms. The quantitative estimate of drug-likeness (QED) is 0.825. The van der Waals surface area contributed by atoms with Gasteiger partial charge >= 0.3 is 0 Å². The zero-order valence-corrected chi connectivity index (χ0v) is 14.6. The molecule has 1 atom stereocenters. The number of hydrogen-bond acceptors (Lipinski definition) is 4. The van der Waals surface area contributed by atoms with E-state index in [-0.39, 0.29) is 5.56 Å². The van der Waals surface area contributed by atoms with Crippen LogP contribution in [0.5, 0.6) is 0 Å². The van der Waals surface area contributed by atoms with Crippen LogP contribution in [0.25, 0.3) is 10.9 Å². The minimum absolute atomic E-state index is 0.0153. The molecule has 1 fully saturated rings. The Balaban J connectivity index is 1.80. The number of H-pyrrole nitrogens is 1. The minimum atomic E-state index is 0.0153. The highest BCUT2D eigenvalue weighted by atomic mass is 32.2. The van der Waals surface area contributed by atoms with E-state index in [1.54, 1.807) is 11.8 Å². The lowest BCUT2D eigenvalue weighted by Crippen LogP contribution is -2.33. The lowest BCUT2D eigenvalue weighted by molar-refractivity contribution is 0.0724. The third kappa shape index (κ3) is 3.97. The lowest BCUT2D eigenvalue weighted by atomic mass is 10.1. The van der Waals surface area contributed by atoms with Gasteiger partial charge in [-0.3, -0.25) is 9.69 Å². The Kier molecular flexibility index (Phi) is 5.41. The number of hydrogen-bond donors (Lipinski definition) is 1. The number of aromatic nitrogens is 1. The lowest BCUT2D eigenvalue weighted by Gasteiger charge is -2.23. The number of rotatable bonds is 6. The van der Waals surface area contributed by atoms with Crippen LogP contribution in [-0.4, -0.2) is 41.9 Å². The van der Waals surface area contributed by atoms with Crippen molar-refractivity contribution in [2.45, 2.75) is 37.3 Å². The van der Waals surface area contributed by atoms with E-state index >= 15 is 0 Å². The summed E-state index contributed by atoms with van der Waals surface area (Å²) in [6, 6.07) is 8.24. The van der Waals surface area contributed by atoms with Crippen LogP contribution in [0, 0.1) is 0 Å². The van der Waals surface area contributed by atoms with E-state index in [0.29, 0.717) is 12.6 Å². The second kappa shape index (κ2) is 7.51. The molecule has 1 N–H and O–H groups in total. The van der Waals surface area contributed by atoms with E-state index in [1.807, 2.05) is 18.4 Å². The fourth-order valence-electron chi connectivity index (χ4n) is 3.09. The maximum Gasteiger partial charge on any atom is 0.252 e. The highest BCUT2D eigenvalue weighted by Gasteiger charge is 2.19. The first kappa shape index (κ1) is 16.6. The zero-order valence-electron chi connectivity index (χ0n) is 13.8. The number of aromatic amines is 1. The first-order chi connectivity index (χ1) is 11.2. The number of ether oxygens (including phenoxy) is 1. The average Bonchev–Trinajstić information content (AvgIpc) is 3.07. The predicted octanol–water partition coefficient (Wildman–Crippen LogP) is 3.25. The molecule has 1 aliphatic rings. The molecule has 0 bridgehead atoms. The number of nitrogens with zero attached hydrogens (tertiary/aromatic N) is 1. The van der Waals surface area contributed by atoms with Gasteiger partial charge in [-0.25, -0.2) is 0 Å². The molecule has 0 amide bonds. The van der Waals surface area contributed by atoms with Gasteiger partial charge in [-0.15, -0.1) is 11.8 Å². The molecule has 1 saturated heterocycles. The summed E-state index contributed by atoms with van der Waals surface area (Å²) in [5.41, 5.74) is 1.75. The van der Waals surface area contributed by atoms with Gasteiger partial charge in [0.1, 0.15) is 0 Å². The molecule has 5 heteroatoms. The first-order valence-corrected chi connectivity index (χ1v) is 9.46. The van der Waals surface area contributed by atoms with Gasteiger partial charge < -0.3 is 9.72 Å². The van der Waals surface area contributed by atoms with Crippen LogP contribution >= 0.6 is 11.8 Å². The molecule has 3 rings (SSSR count). The Morgan fingerprint density at radius 3 is 2.96 bits per heavy atom. The summed E-state index contributed by atoms with van der Waals surface area (Å²) in [7, 11) is 0. The normalized spacial score (nSPS) is 18.1. The number of nitrogens with one attached hydrogen (secondary N) is 1. The van der Waals surface area contributed by atoms with E-state index < -0.39 is 0 Å². The topological polar surface area (TPSA) is 45.3 Å². The summed E-state index contributed by atoms with van der Waals surface area (Å²) in [6.45, 7) is 5.50. The van der Waals surface area contributed by atoms with E-state index in [9.17, 15) is 4.79 Å². The SMILES string of the molecule is CCN(Cc1cc2ccc(SC)cc2[nH]c1=O)C[C@H]1CCCO1. The first-order valence-electron chi connectivity index (χ1n) is 8.23. The average molecular weight is 332 g/mol. The number of thioether (sulfide) groups is 1. The third-order valence-corrected chi connectivity index (χ3v) is 5.18. The van der Waals surface area contributed by atoms with Crippen molar-refractivity contribution in [1.29, 1.82) is 0 Å². The van der Waals surface area contributed by atoms with Gasteiger partial charge in [0.15, 0.2) is 0 Å². The van der Waals surface area contributed by atoms with Crippen molar-refractivity contribution < 1.29 is 4.74 Å². The Bertz CT molecular complexity index is 723. The molecule has 2 aromatic rings. The van der Waals surface area contributed by atoms with Crippen molar-refractivity contribution in [2.75, 3.05) is 26.0 Å². The van der Waals surface area contributed by atoms with Crippen LogP contribution in [0.15, 0.2) is 34.0 Å². The van der Waals surface area contributed by atoms with Crippen molar-refractivity contribution in [3.05, 3.63) is 40.2 Å². The molecule has 1 aromatic heterocycles. The second-order valence-electron chi connectivity index (χ2n) is 6.04. The highest BCUT2D eigenvalue weighted by Crippen LogP contribution is 2.21. The molecular weight excluding hydrogens is 308 g/mol. The maximum absolute atomic E-state index is 12.4. The van der Waals surface area contributed by atoms with Crippen LogP contribution in [0.2, 0.25) is 0 Å². The maximum atomic E-state index is 12.4. The van der Waals surface area contributed by atoms with E-state index in [4.69, 9.17) is 4.74 Å². The highest BCUT2D eigenvalue weighted by molar-refractivity contribution is 7.98. The summed E-state index contributed by atoms with van der Waals surface area (Å²) in [6.07, 6.45) is 4.63. The summed E-state index contributed by atoms with van der Waals surface area (Å²) in [4.78, 5) is 18.9. The number of likely N-dealkylation sites (N-methyl/N-ethyl adjacent to an activating group) is 1. The van der Waals surface area contributed by atoms with Gasteiger partial charge in [-0.2, -0.15) is 0 Å². The smallest absolute Gasteiger partial charge is 0.252 e. The number of fused-ring (bicyclic) bond motifs is 1. The molecule has 0 unspecified atom stereocenters. The molecule has 0 spiro atoms. The standard InChI is InChI=1S/C18H24N2O2S/c1-3-20(12-15-5-4-8-22-15)11-14-9-13-6-7-16(23-2)10-17(13)19-18(14)21/h6-7,9-10,15H,3-5,8,11-12H2,1-2H3,(H,19,21)/t15-/m1/s1. The second-order valence-corrected chi connectivity index (χ2v) is 6.92. The zero-order chi connectivity index (χ0) is 16.2. The largest absolute Gasteiger partial charge is 0.377 e. The molecule has 0 aliphatic carbocycles. The predicted molar refractivity (Wildman–Crippen MR) is 96.3 cm³/mol. The Morgan fingerprint density at radius 1 is 1.39 bits per heavy atom. The molecule has 1 aromatic carbocycles. The molecular formula is C18H24N2O2S. The van der Waals surface area contributed by atoms with Gasteiger partial charge in [0.25, 0.3) is 5.56 Å². The molecule has 2 heterocycles. The Labute approximate surface area is 141 Å². The van der Waals surface area contributed by atoms with Crippen molar-refractivity contribution >= 4 is 22.7 Å². The van der Waals surface area contributed by atoms with Crippen molar-refractivity contribution in [3.63, 3.8) is 0 Å². The van der Waals surface area contributed by atoms with Crippen LogP contribution in [-0.2, 0) is 11.3 Å². The number of pyridine rings is 1. The van der Waals surface area contributed by atoms with Crippen LogP contribution in [0.3, 0.4) is 0 Å². The van der Waals surface area contributed by atoms with E-state index in [0.717, 1.165) is 53.9 Å².